The van der Waals surface area contributed by atoms with Crippen LogP contribution in [-0.4, -0.2) is 15.1 Å². The SMILES string of the molecule is NNc1nc(-c2ccccc2[N+](=O)[O-])no1. The van der Waals surface area contributed by atoms with Crippen molar-refractivity contribution in [2.24, 2.45) is 5.84 Å². The number of rotatable bonds is 3. The molecule has 0 amide bonds. The van der Waals surface area contributed by atoms with Crippen molar-refractivity contribution in [1.29, 1.82) is 0 Å². The zero-order valence-corrected chi connectivity index (χ0v) is 7.95. The van der Waals surface area contributed by atoms with Crippen LogP contribution >= 0.6 is 0 Å². The van der Waals surface area contributed by atoms with Crippen LogP contribution < -0.4 is 11.3 Å². The first-order valence-electron chi connectivity index (χ1n) is 4.26. The third kappa shape index (κ3) is 1.68. The van der Waals surface area contributed by atoms with E-state index < -0.39 is 4.92 Å². The van der Waals surface area contributed by atoms with Crippen LogP contribution in [0.15, 0.2) is 28.8 Å². The number of nitrogens with zero attached hydrogens (tertiary/aromatic N) is 3. The molecule has 0 atom stereocenters. The van der Waals surface area contributed by atoms with Crippen LogP contribution in [0.3, 0.4) is 0 Å². The molecule has 0 unspecified atom stereocenters. The van der Waals surface area contributed by atoms with Crippen LogP contribution in [0.4, 0.5) is 11.7 Å². The van der Waals surface area contributed by atoms with E-state index in [1.54, 1.807) is 12.1 Å². The second kappa shape index (κ2) is 3.95. The lowest BCUT2D eigenvalue weighted by molar-refractivity contribution is -0.384. The minimum atomic E-state index is -0.513. The van der Waals surface area contributed by atoms with Crippen molar-refractivity contribution in [1.82, 2.24) is 10.1 Å². The lowest BCUT2D eigenvalue weighted by Crippen LogP contribution is -2.06. The number of nitrogens with one attached hydrogen (secondary N) is 1. The van der Waals surface area contributed by atoms with Crippen LogP contribution in [0.1, 0.15) is 0 Å². The quantitative estimate of drug-likeness (QED) is 0.449. The van der Waals surface area contributed by atoms with Crippen molar-refractivity contribution < 1.29 is 9.45 Å². The third-order valence-electron chi connectivity index (χ3n) is 1.89. The average Bonchev–Trinajstić information content (AvgIpc) is 2.77. The molecule has 0 saturated carbocycles. The van der Waals surface area contributed by atoms with E-state index in [1.165, 1.54) is 12.1 Å². The first kappa shape index (κ1) is 10.1. The number of hydrogen-bond donors (Lipinski definition) is 2. The molecule has 82 valence electrons. The number of hydrogen-bond acceptors (Lipinski definition) is 7. The van der Waals surface area contributed by atoms with Gasteiger partial charge in [0.05, 0.1) is 4.92 Å². The Hall–Kier alpha value is -2.48. The van der Waals surface area contributed by atoms with E-state index in [1.807, 2.05) is 0 Å². The smallest absolute Gasteiger partial charge is 0.314 e. The molecule has 1 aromatic carbocycles. The van der Waals surface area contributed by atoms with Gasteiger partial charge in [0.15, 0.2) is 0 Å². The molecular formula is C8H7N5O3. The predicted molar refractivity (Wildman–Crippen MR) is 54.2 cm³/mol. The Labute approximate surface area is 89.2 Å². The fourth-order valence-electron chi connectivity index (χ4n) is 1.21. The summed E-state index contributed by atoms with van der Waals surface area (Å²) in [6.07, 6.45) is 0. The van der Waals surface area contributed by atoms with Gasteiger partial charge in [-0.25, -0.2) is 5.84 Å². The lowest BCUT2D eigenvalue weighted by atomic mass is 10.2. The first-order chi connectivity index (χ1) is 7.72. The maximum absolute atomic E-state index is 10.8. The van der Waals surface area contributed by atoms with Crippen LogP contribution in [0.5, 0.6) is 0 Å². The highest BCUT2D eigenvalue weighted by atomic mass is 16.6. The predicted octanol–water partition coefficient (Wildman–Crippen LogP) is 0.930. The maximum Gasteiger partial charge on any atom is 0.335 e. The Kier molecular flexibility index (Phi) is 2.48. The molecule has 2 aromatic rings. The van der Waals surface area contributed by atoms with Gasteiger partial charge in [0, 0.05) is 6.07 Å². The van der Waals surface area contributed by atoms with Crippen LogP contribution in [0.2, 0.25) is 0 Å². The molecule has 16 heavy (non-hydrogen) atoms. The largest absolute Gasteiger partial charge is 0.335 e. The number of nitrogens with two attached hydrogens (primary N) is 1. The van der Waals surface area contributed by atoms with Gasteiger partial charge in [-0.05, 0) is 6.07 Å². The Morgan fingerprint density at radius 3 is 2.81 bits per heavy atom. The summed E-state index contributed by atoms with van der Waals surface area (Å²) in [6.45, 7) is 0. The van der Waals surface area contributed by atoms with E-state index in [0.29, 0.717) is 0 Å². The van der Waals surface area contributed by atoms with E-state index in [2.05, 4.69) is 20.1 Å². The molecule has 0 saturated heterocycles. The number of hydrazine groups is 1. The van der Waals surface area contributed by atoms with Gasteiger partial charge < -0.3 is 4.52 Å². The summed E-state index contributed by atoms with van der Waals surface area (Å²) in [5, 5.41) is 14.3. The van der Waals surface area contributed by atoms with E-state index >= 15 is 0 Å². The number of para-hydroxylation sites is 1. The molecule has 0 spiro atoms. The highest BCUT2D eigenvalue weighted by Gasteiger charge is 2.18. The maximum atomic E-state index is 10.8. The van der Waals surface area contributed by atoms with Crippen molar-refractivity contribution in [3.63, 3.8) is 0 Å². The highest BCUT2D eigenvalue weighted by molar-refractivity contribution is 5.67. The Morgan fingerprint density at radius 1 is 1.44 bits per heavy atom. The van der Waals surface area contributed by atoms with Gasteiger partial charge in [-0.15, -0.1) is 0 Å². The molecule has 3 N–H and O–H groups in total. The average molecular weight is 221 g/mol. The van der Waals surface area contributed by atoms with Crippen molar-refractivity contribution in [2.75, 3.05) is 5.43 Å². The summed E-state index contributed by atoms with van der Waals surface area (Å²) in [6, 6.07) is 6.09. The van der Waals surface area contributed by atoms with E-state index in [9.17, 15) is 10.1 Å². The van der Waals surface area contributed by atoms with Crippen LogP contribution in [0.25, 0.3) is 11.4 Å². The molecule has 8 heteroatoms. The zero-order valence-electron chi connectivity index (χ0n) is 7.95. The first-order valence-corrected chi connectivity index (χ1v) is 4.26. The van der Waals surface area contributed by atoms with Crippen molar-refractivity contribution in [3.8, 4) is 11.4 Å². The Morgan fingerprint density at radius 2 is 2.19 bits per heavy atom. The Bertz CT molecular complexity index is 524. The van der Waals surface area contributed by atoms with Gasteiger partial charge in [0.25, 0.3) is 5.69 Å². The minimum absolute atomic E-state index is 0.00634. The number of nitro benzene ring substituents is 1. The van der Waals surface area contributed by atoms with Gasteiger partial charge in [0.1, 0.15) is 5.56 Å². The lowest BCUT2D eigenvalue weighted by Gasteiger charge is -1.95. The second-order valence-corrected chi connectivity index (χ2v) is 2.84. The van der Waals surface area contributed by atoms with Gasteiger partial charge in [-0.2, -0.15) is 4.98 Å². The number of anilines is 1. The molecule has 0 aliphatic carbocycles. The minimum Gasteiger partial charge on any atom is -0.314 e. The number of aromatic nitrogens is 2. The summed E-state index contributed by atoms with van der Waals surface area (Å²) in [7, 11) is 0. The van der Waals surface area contributed by atoms with E-state index in [4.69, 9.17) is 5.84 Å². The number of benzene rings is 1. The monoisotopic (exact) mass is 221 g/mol. The van der Waals surface area contributed by atoms with E-state index in [0.717, 1.165) is 0 Å². The van der Waals surface area contributed by atoms with Gasteiger partial charge in [-0.1, -0.05) is 17.3 Å². The van der Waals surface area contributed by atoms with Crippen molar-refractivity contribution >= 4 is 11.7 Å². The summed E-state index contributed by atoms with van der Waals surface area (Å²) in [4.78, 5) is 14.1. The zero-order chi connectivity index (χ0) is 11.5. The van der Waals surface area contributed by atoms with Crippen LogP contribution in [-0.2, 0) is 0 Å². The molecule has 0 bridgehead atoms. The summed E-state index contributed by atoms with van der Waals surface area (Å²) < 4.78 is 4.68. The van der Waals surface area contributed by atoms with Gasteiger partial charge in [-0.3, -0.25) is 15.5 Å². The normalized spacial score (nSPS) is 10.1. The topological polar surface area (TPSA) is 120 Å². The fraction of sp³-hybridized carbons (Fsp3) is 0. The Balaban J connectivity index is 2.50. The highest BCUT2D eigenvalue weighted by Crippen LogP contribution is 2.27. The molecular weight excluding hydrogens is 214 g/mol. The third-order valence-corrected chi connectivity index (χ3v) is 1.89. The van der Waals surface area contributed by atoms with Crippen LogP contribution in [0, 0.1) is 10.1 Å². The molecule has 0 radical (unpaired) electrons. The van der Waals surface area contributed by atoms with Gasteiger partial charge >= 0.3 is 6.01 Å². The molecule has 0 aliphatic heterocycles. The molecule has 1 heterocycles. The summed E-state index contributed by atoms with van der Waals surface area (Å²) in [5.41, 5.74) is 2.34. The van der Waals surface area contributed by atoms with Crippen molar-refractivity contribution in [2.45, 2.75) is 0 Å². The standard InChI is InChI=1S/C8H7N5O3/c9-11-8-10-7(12-16-8)5-3-1-2-4-6(5)13(14)15/h1-4H,9H2,(H,10,11,12). The summed E-state index contributed by atoms with van der Waals surface area (Å²) >= 11 is 0. The second-order valence-electron chi connectivity index (χ2n) is 2.84. The number of nitrogen functional groups attached to an aromatic ring is 1. The molecule has 2 rings (SSSR count). The molecule has 1 aromatic heterocycles. The van der Waals surface area contributed by atoms with Gasteiger partial charge in [0.2, 0.25) is 5.82 Å². The summed E-state index contributed by atoms with van der Waals surface area (Å²) in [5.74, 6) is 5.17. The number of nitro groups is 1. The molecule has 8 nitrogen and oxygen atoms in total. The molecule has 0 fully saturated rings. The van der Waals surface area contributed by atoms with E-state index in [-0.39, 0.29) is 23.1 Å². The fourth-order valence-corrected chi connectivity index (χ4v) is 1.21. The molecule has 0 aliphatic rings. The van der Waals surface area contributed by atoms with Crippen molar-refractivity contribution in [3.05, 3.63) is 34.4 Å².